The molecule has 0 spiro atoms. The van der Waals surface area contributed by atoms with E-state index in [1.165, 1.54) is 38.3 Å². The summed E-state index contributed by atoms with van der Waals surface area (Å²) in [6.07, 6.45) is 10.2. The number of nitrogens with zero attached hydrogens (tertiary/aromatic N) is 1. The van der Waals surface area contributed by atoms with Crippen LogP contribution in [0.25, 0.3) is 0 Å². The zero-order valence-corrected chi connectivity index (χ0v) is 12.7. The molecule has 1 aromatic heterocycles. The van der Waals surface area contributed by atoms with E-state index in [1.807, 2.05) is 0 Å². The maximum absolute atomic E-state index is 12.3. The second-order valence-corrected chi connectivity index (χ2v) is 7.05. The molecule has 2 rings (SSSR count). The molecular weight excluding hydrogens is 274 g/mol. The second-order valence-electron chi connectivity index (χ2n) is 5.31. The predicted octanol–water partition coefficient (Wildman–Crippen LogP) is 2.37. The molecule has 2 N–H and O–H groups in total. The van der Waals surface area contributed by atoms with Crippen LogP contribution in [-0.4, -0.2) is 27.0 Å². The first kappa shape index (κ1) is 15.3. The first-order valence-electron chi connectivity index (χ1n) is 7.25. The minimum atomic E-state index is -3.48. The standard InChI is InChI=1S/C14H23N3O2S/c1-15-13-8-9-16-11-14(13)20(18,19)17-10-7-12-5-3-2-4-6-12/h8-9,11-12,17H,2-7,10H2,1H3,(H,15,16). The van der Waals surface area contributed by atoms with Crippen molar-refractivity contribution in [1.29, 1.82) is 0 Å². The highest BCUT2D eigenvalue weighted by Gasteiger charge is 2.19. The van der Waals surface area contributed by atoms with Crippen LogP contribution in [0, 0.1) is 5.92 Å². The van der Waals surface area contributed by atoms with Crippen LogP contribution in [0.1, 0.15) is 38.5 Å². The molecular formula is C14H23N3O2S. The number of rotatable bonds is 6. The first-order valence-corrected chi connectivity index (χ1v) is 8.73. The highest BCUT2D eigenvalue weighted by Crippen LogP contribution is 2.26. The molecule has 0 radical (unpaired) electrons. The zero-order valence-electron chi connectivity index (χ0n) is 11.9. The maximum Gasteiger partial charge on any atom is 0.244 e. The molecule has 0 saturated heterocycles. The largest absolute Gasteiger partial charge is 0.387 e. The molecule has 1 fully saturated rings. The summed E-state index contributed by atoms with van der Waals surface area (Å²) in [7, 11) is -1.77. The van der Waals surface area contributed by atoms with Gasteiger partial charge in [-0.25, -0.2) is 13.1 Å². The summed E-state index contributed by atoms with van der Waals surface area (Å²) in [5.74, 6) is 0.670. The van der Waals surface area contributed by atoms with Gasteiger partial charge in [0.1, 0.15) is 4.90 Å². The van der Waals surface area contributed by atoms with Gasteiger partial charge in [0, 0.05) is 26.0 Å². The molecule has 20 heavy (non-hydrogen) atoms. The Bertz CT molecular complexity index is 525. The van der Waals surface area contributed by atoms with Gasteiger partial charge in [0.05, 0.1) is 5.69 Å². The van der Waals surface area contributed by atoms with Crippen molar-refractivity contribution < 1.29 is 8.42 Å². The van der Waals surface area contributed by atoms with Gasteiger partial charge in [0.15, 0.2) is 0 Å². The Hall–Kier alpha value is -1.14. The smallest absolute Gasteiger partial charge is 0.244 e. The third-order valence-corrected chi connectivity index (χ3v) is 5.40. The number of sulfonamides is 1. The molecule has 1 aliphatic carbocycles. The lowest BCUT2D eigenvalue weighted by molar-refractivity contribution is 0.339. The predicted molar refractivity (Wildman–Crippen MR) is 80.2 cm³/mol. The molecule has 0 unspecified atom stereocenters. The van der Waals surface area contributed by atoms with Crippen LogP contribution in [0.5, 0.6) is 0 Å². The lowest BCUT2D eigenvalue weighted by Gasteiger charge is -2.21. The van der Waals surface area contributed by atoms with Gasteiger partial charge in [-0.1, -0.05) is 32.1 Å². The van der Waals surface area contributed by atoms with E-state index < -0.39 is 10.0 Å². The lowest BCUT2D eigenvalue weighted by Crippen LogP contribution is -2.27. The monoisotopic (exact) mass is 297 g/mol. The van der Waals surface area contributed by atoms with Crippen LogP contribution in [0.15, 0.2) is 23.4 Å². The Morgan fingerprint density at radius 3 is 2.75 bits per heavy atom. The van der Waals surface area contributed by atoms with Crippen LogP contribution < -0.4 is 10.0 Å². The van der Waals surface area contributed by atoms with Crippen molar-refractivity contribution in [3.8, 4) is 0 Å². The number of aromatic nitrogens is 1. The summed E-state index contributed by atoms with van der Waals surface area (Å²) in [5.41, 5.74) is 0.574. The van der Waals surface area contributed by atoms with Gasteiger partial charge in [0.25, 0.3) is 0 Å². The van der Waals surface area contributed by atoms with E-state index >= 15 is 0 Å². The Morgan fingerprint density at radius 1 is 1.30 bits per heavy atom. The van der Waals surface area contributed by atoms with E-state index in [4.69, 9.17) is 0 Å². The molecule has 1 aliphatic rings. The molecule has 1 aromatic rings. The molecule has 0 aliphatic heterocycles. The molecule has 0 bridgehead atoms. The average Bonchev–Trinajstić information content (AvgIpc) is 2.48. The minimum absolute atomic E-state index is 0.214. The van der Waals surface area contributed by atoms with Gasteiger partial charge in [-0.15, -0.1) is 0 Å². The van der Waals surface area contributed by atoms with Gasteiger partial charge in [-0.3, -0.25) is 4.98 Å². The van der Waals surface area contributed by atoms with Crippen molar-refractivity contribution in [3.05, 3.63) is 18.5 Å². The van der Waals surface area contributed by atoms with Crippen LogP contribution in [-0.2, 0) is 10.0 Å². The van der Waals surface area contributed by atoms with E-state index in [9.17, 15) is 8.42 Å². The number of hydrogen-bond donors (Lipinski definition) is 2. The number of nitrogens with one attached hydrogen (secondary N) is 2. The molecule has 1 heterocycles. The summed E-state index contributed by atoms with van der Waals surface area (Å²) in [4.78, 5) is 4.11. The molecule has 5 nitrogen and oxygen atoms in total. The van der Waals surface area contributed by atoms with Crippen molar-refractivity contribution in [2.75, 3.05) is 18.9 Å². The number of anilines is 1. The summed E-state index contributed by atoms with van der Waals surface area (Å²) in [5, 5.41) is 2.88. The summed E-state index contributed by atoms with van der Waals surface area (Å²) >= 11 is 0. The van der Waals surface area contributed by atoms with E-state index in [-0.39, 0.29) is 4.90 Å². The van der Waals surface area contributed by atoms with Crippen LogP contribution in [0.4, 0.5) is 5.69 Å². The quantitative estimate of drug-likeness (QED) is 0.845. The van der Waals surface area contributed by atoms with Gasteiger partial charge in [-0.05, 0) is 18.4 Å². The molecule has 0 atom stereocenters. The van der Waals surface area contributed by atoms with Crippen molar-refractivity contribution in [2.24, 2.45) is 5.92 Å². The Balaban J connectivity index is 1.93. The molecule has 0 aromatic carbocycles. The molecule has 112 valence electrons. The van der Waals surface area contributed by atoms with Gasteiger partial charge in [0.2, 0.25) is 10.0 Å². The van der Waals surface area contributed by atoms with Crippen LogP contribution >= 0.6 is 0 Å². The van der Waals surface area contributed by atoms with Gasteiger partial charge >= 0.3 is 0 Å². The normalized spacial score (nSPS) is 17.1. The molecule has 1 saturated carbocycles. The third-order valence-electron chi connectivity index (χ3n) is 3.91. The summed E-state index contributed by atoms with van der Waals surface area (Å²) in [6, 6.07) is 1.66. The maximum atomic E-state index is 12.3. The van der Waals surface area contributed by atoms with Crippen LogP contribution in [0.3, 0.4) is 0 Å². The fourth-order valence-electron chi connectivity index (χ4n) is 2.75. The lowest BCUT2D eigenvalue weighted by atomic mass is 9.87. The minimum Gasteiger partial charge on any atom is -0.387 e. The fourth-order valence-corrected chi connectivity index (χ4v) is 3.95. The summed E-state index contributed by atoms with van der Waals surface area (Å²) in [6.45, 7) is 0.505. The van der Waals surface area contributed by atoms with E-state index in [2.05, 4.69) is 15.0 Å². The van der Waals surface area contributed by atoms with Crippen molar-refractivity contribution >= 4 is 15.7 Å². The van der Waals surface area contributed by atoms with Gasteiger partial charge in [-0.2, -0.15) is 0 Å². The first-order chi connectivity index (χ1) is 9.63. The zero-order chi connectivity index (χ0) is 14.4. The van der Waals surface area contributed by atoms with Crippen molar-refractivity contribution in [1.82, 2.24) is 9.71 Å². The molecule has 6 heteroatoms. The SMILES string of the molecule is CNc1ccncc1S(=O)(=O)NCCC1CCCCC1. The highest BCUT2D eigenvalue weighted by molar-refractivity contribution is 7.89. The van der Waals surface area contributed by atoms with E-state index in [0.717, 1.165) is 6.42 Å². The van der Waals surface area contributed by atoms with E-state index in [0.29, 0.717) is 18.2 Å². The fraction of sp³-hybridized carbons (Fsp3) is 0.643. The molecule has 0 amide bonds. The number of pyridine rings is 1. The number of hydrogen-bond acceptors (Lipinski definition) is 4. The van der Waals surface area contributed by atoms with Crippen molar-refractivity contribution in [3.63, 3.8) is 0 Å². The van der Waals surface area contributed by atoms with Crippen LogP contribution in [0.2, 0.25) is 0 Å². The third kappa shape index (κ3) is 3.93. The topological polar surface area (TPSA) is 71.1 Å². The second kappa shape index (κ2) is 7.04. The van der Waals surface area contributed by atoms with E-state index in [1.54, 1.807) is 19.3 Å². The van der Waals surface area contributed by atoms with Gasteiger partial charge < -0.3 is 5.32 Å². The summed E-state index contributed by atoms with van der Waals surface area (Å²) < 4.78 is 27.2. The highest BCUT2D eigenvalue weighted by atomic mass is 32.2. The Labute approximate surface area is 121 Å². The van der Waals surface area contributed by atoms with Crippen molar-refractivity contribution in [2.45, 2.75) is 43.4 Å². The Morgan fingerprint density at radius 2 is 2.05 bits per heavy atom. The Kier molecular flexibility index (Phi) is 5.37. The average molecular weight is 297 g/mol.